The lowest BCUT2D eigenvalue weighted by Crippen LogP contribution is -2.45. The van der Waals surface area contributed by atoms with E-state index < -0.39 is 0 Å². The fraction of sp³-hybridized carbons (Fsp3) is 0.333. The van der Waals surface area contributed by atoms with E-state index >= 15 is 0 Å². The van der Waals surface area contributed by atoms with Crippen LogP contribution in [0.15, 0.2) is 35.0 Å². The lowest BCUT2D eigenvalue weighted by Gasteiger charge is -2.37. The Bertz CT molecular complexity index is 1010. The smallest absolute Gasteiger partial charge is 0.267 e. The number of aryl methyl sites for hydroxylation is 1. The van der Waals surface area contributed by atoms with Gasteiger partial charge in [-0.1, -0.05) is 0 Å². The molecule has 3 aromatic rings. The molecule has 29 heavy (non-hydrogen) atoms. The van der Waals surface area contributed by atoms with E-state index in [1.807, 2.05) is 42.5 Å². The van der Waals surface area contributed by atoms with Gasteiger partial charge in [-0.25, -0.2) is 9.37 Å². The molecule has 1 fully saturated rings. The molecule has 3 heterocycles. The van der Waals surface area contributed by atoms with Crippen molar-refractivity contribution in [1.82, 2.24) is 4.98 Å². The SMILES string of the molecule is Cc1nc(-c2ccsc2)sc1C(=O)Nc1ccc(N2CC(C)OC(C)C2)c(F)c1. The van der Waals surface area contributed by atoms with Gasteiger partial charge >= 0.3 is 0 Å². The van der Waals surface area contributed by atoms with Gasteiger partial charge in [0.05, 0.1) is 23.6 Å². The van der Waals surface area contributed by atoms with Crippen LogP contribution in [0, 0.1) is 12.7 Å². The van der Waals surface area contributed by atoms with Gasteiger partial charge < -0.3 is 15.0 Å². The van der Waals surface area contributed by atoms with Gasteiger partial charge in [-0.2, -0.15) is 11.3 Å². The van der Waals surface area contributed by atoms with Gasteiger partial charge in [0.25, 0.3) is 5.91 Å². The maximum Gasteiger partial charge on any atom is 0.267 e. The van der Waals surface area contributed by atoms with Crippen molar-refractivity contribution in [2.24, 2.45) is 0 Å². The number of carbonyl (C=O) groups is 1. The highest BCUT2D eigenvalue weighted by atomic mass is 32.1. The quantitative estimate of drug-likeness (QED) is 0.618. The Balaban J connectivity index is 1.50. The fourth-order valence-electron chi connectivity index (χ4n) is 3.52. The number of amides is 1. The molecule has 1 saturated heterocycles. The Morgan fingerprint density at radius 2 is 2.03 bits per heavy atom. The number of thiophene rings is 1. The maximum absolute atomic E-state index is 14.8. The molecule has 0 spiro atoms. The van der Waals surface area contributed by atoms with E-state index in [1.54, 1.807) is 23.5 Å². The number of benzene rings is 1. The highest BCUT2D eigenvalue weighted by molar-refractivity contribution is 7.17. The molecule has 0 bridgehead atoms. The number of hydrogen-bond donors (Lipinski definition) is 1. The summed E-state index contributed by atoms with van der Waals surface area (Å²) in [6, 6.07) is 6.80. The van der Waals surface area contributed by atoms with E-state index in [-0.39, 0.29) is 23.9 Å². The molecule has 4 rings (SSSR count). The van der Waals surface area contributed by atoms with Crippen molar-refractivity contribution in [2.75, 3.05) is 23.3 Å². The molecule has 8 heteroatoms. The summed E-state index contributed by atoms with van der Waals surface area (Å²) in [7, 11) is 0. The average molecular weight is 432 g/mol. The van der Waals surface area contributed by atoms with Gasteiger partial charge in [0.2, 0.25) is 0 Å². The van der Waals surface area contributed by atoms with Crippen molar-refractivity contribution in [2.45, 2.75) is 33.0 Å². The molecule has 5 nitrogen and oxygen atoms in total. The first-order chi connectivity index (χ1) is 13.9. The van der Waals surface area contributed by atoms with Crippen LogP contribution in [-0.2, 0) is 4.74 Å². The van der Waals surface area contributed by atoms with Crippen molar-refractivity contribution in [3.63, 3.8) is 0 Å². The third-order valence-corrected chi connectivity index (χ3v) is 6.63. The Hall–Kier alpha value is -2.29. The lowest BCUT2D eigenvalue weighted by atomic mass is 10.2. The van der Waals surface area contributed by atoms with Gasteiger partial charge in [0.1, 0.15) is 15.7 Å². The number of carbonyl (C=O) groups excluding carboxylic acids is 1. The third kappa shape index (κ3) is 4.34. The number of aromatic nitrogens is 1. The minimum Gasteiger partial charge on any atom is -0.372 e. The zero-order valence-corrected chi connectivity index (χ0v) is 18.1. The van der Waals surface area contributed by atoms with E-state index in [9.17, 15) is 9.18 Å². The summed E-state index contributed by atoms with van der Waals surface area (Å²) in [5, 5.41) is 7.59. The molecule has 0 radical (unpaired) electrons. The van der Waals surface area contributed by atoms with Gasteiger partial charge in [-0.05, 0) is 50.4 Å². The van der Waals surface area contributed by atoms with Crippen LogP contribution in [0.25, 0.3) is 10.6 Å². The summed E-state index contributed by atoms with van der Waals surface area (Å²) >= 11 is 2.93. The molecule has 152 valence electrons. The number of halogens is 1. The Morgan fingerprint density at radius 3 is 2.69 bits per heavy atom. The van der Waals surface area contributed by atoms with Gasteiger partial charge in [0, 0.05) is 29.7 Å². The van der Waals surface area contributed by atoms with Crippen LogP contribution in [0.4, 0.5) is 15.8 Å². The average Bonchev–Trinajstić information content (AvgIpc) is 3.30. The number of thiazole rings is 1. The molecule has 1 aliphatic rings. The van der Waals surface area contributed by atoms with Crippen LogP contribution in [-0.4, -0.2) is 36.2 Å². The summed E-state index contributed by atoms with van der Waals surface area (Å²) < 4.78 is 20.5. The predicted molar refractivity (Wildman–Crippen MR) is 117 cm³/mol. The Morgan fingerprint density at radius 1 is 1.28 bits per heavy atom. The fourth-order valence-corrected chi connectivity index (χ4v) is 5.19. The molecule has 1 aromatic carbocycles. The molecule has 0 saturated carbocycles. The largest absolute Gasteiger partial charge is 0.372 e. The zero-order valence-electron chi connectivity index (χ0n) is 16.4. The molecule has 1 amide bonds. The second kappa shape index (κ2) is 8.22. The minimum absolute atomic E-state index is 0.0456. The highest BCUT2D eigenvalue weighted by Gasteiger charge is 2.24. The molecule has 0 aliphatic carbocycles. The zero-order chi connectivity index (χ0) is 20.5. The molecule has 2 atom stereocenters. The van der Waals surface area contributed by atoms with Crippen LogP contribution in [0.2, 0.25) is 0 Å². The second-order valence-corrected chi connectivity index (χ2v) is 9.01. The first-order valence-electron chi connectivity index (χ1n) is 9.42. The summed E-state index contributed by atoms with van der Waals surface area (Å²) in [5.74, 6) is -0.633. The van der Waals surface area contributed by atoms with E-state index in [2.05, 4.69) is 10.3 Å². The van der Waals surface area contributed by atoms with E-state index in [4.69, 9.17) is 4.74 Å². The first-order valence-corrected chi connectivity index (χ1v) is 11.2. The number of nitrogens with zero attached hydrogens (tertiary/aromatic N) is 2. The highest BCUT2D eigenvalue weighted by Crippen LogP contribution is 2.31. The first kappa shape index (κ1) is 20.0. The van der Waals surface area contributed by atoms with Gasteiger partial charge in [-0.3, -0.25) is 4.79 Å². The third-order valence-electron chi connectivity index (χ3n) is 4.74. The van der Waals surface area contributed by atoms with Crippen molar-refractivity contribution >= 4 is 40.0 Å². The van der Waals surface area contributed by atoms with Crippen LogP contribution in [0.3, 0.4) is 0 Å². The molecule has 1 N–H and O–H groups in total. The summed E-state index contributed by atoms with van der Waals surface area (Å²) in [6.45, 7) is 7.05. The van der Waals surface area contributed by atoms with Gasteiger partial charge in [0.15, 0.2) is 0 Å². The lowest BCUT2D eigenvalue weighted by molar-refractivity contribution is -0.00539. The topological polar surface area (TPSA) is 54.5 Å². The maximum atomic E-state index is 14.8. The molecular weight excluding hydrogens is 409 g/mol. The summed E-state index contributed by atoms with van der Waals surface area (Å²) in [5.41, 5.74) is 2.63. The minimum atomic E-state index is -0.357. The summed E-state index contributed by atoms with van der Waals surface area (Å²) in [6.07, 6.45) is 0.0912. The van der Waals surface area contributed by atoms with Gasteiger partial charge in [-0.15, -0.1) is 11.3 Å². The van der Waals surface area contributed by atoms with Crippen LogP contribution in [0.1, 0.15) is 29.2 Å². The number of morpholine rings is 1. The Labute approximate surface area is 177 Å². The predicted octanol–water partition coefficient (Wildman–Crippen LogP) is 5.19. The van der Waals surface area contributed by atoms with Crippen LogP contribution in [0.5, 0.6) is 0 Å². The summed E-state index contributed by atoms with van der Waals surface area (Å²) in [4.78, 5) is 19.7. The van der Waals surface area contributed by atoms with E-state index in [0.29, 0.717) is 35.0 Å². The molecule has 2 aromatic heterocycles. The van der Waals surface area contributed by atoms with Crippen molar-refractivity contribution in [1.29, 1.82) is 0 Å². The molecule has 2 unspecified atom stereocenters. The Kier molecular flexibility index (Phi) is 5.67. The second-order valence-electron chi connectivity index (χ2n) is 7.23. The monoisotopic (exact) mass is 431 g/mol. The number of anilines is 2. The van der Waals surface area contributed by atoms with Crippen molar-refractivity contribution in [3.8, 4) is 10.6 Å². The van der Waals surface area contributed by atoms with Crippen molar-refractivity contribution < 1.29 is 13.9 Å². The van der Waals surface area contributed by atoms with Crippen LogP contribution >= 0.6 is 22.7 Å². The van der Waals surface area contributed by atoms with E-state index in [0.717, 1.165) is 10.6 Å². The number of nitrogens with one attached hydrogen (secondary N) is 1. The number of ether oxygens (including phenoxy) is 1. The van der Waals surface area contributed by atoms with Crippen LogP contribution < -0.4 is 10.2 Å². The normalized spacial score (nSPS) is 19.4. The number of hydrogen-bond acceptors (Lipinski definition) is 6. The number of rotatable bonds is 4. The standard InChI is InChI=1S/C21H22FN3O2S2/c1-12-9-25(10-13(2)27-12)18-5-4-16(8-17(18)22)24-20(26)19-14(3)23-21(29-19)15-6-7-28-11-15/h4-8,11-13H,9-10H2,1-3H3,(H,24,26). The molecule has 1 aliphatic heterocycles. The molecular formula is C21H22FN3O2S2. The van der Waals surface area contributed by atoms with Crippen molar-refractivity contribution in [3.05, 3.63) is 51.4 Å². The van der Waals surface area contributed by atoms with E-state index in [1.165, 1.54) is 17.4 Å².